The third-order valence-electron chi connectivity index (χ3n) is 4.55. The number of aliphatic hydroxyl groups is 1. The van der Waals surface area contributed by atoms with Gasteiger partial charge in [-0.2, -0.15) is 9.67 Å². The highest BCUT2D eigenvalue weighted by Crippen LogP contribution is 2.22. The van der Waals surface area contributed by atoms with Gasteiger partial charge in [-0.05, 0) is 51.0 Å². The molecular formula is C20H26N6O3. The first-order chi connectivity index (χ1) is 14.0. The van der Waals surface area contributed by atoms with Crippen molar-refractivity contribution >= 4 is 23.9 Å². The first-order valence-corrected chi connectivity index (χ1v) is 9.57. The summed E-state index contributed by atoms with van der Waals surface area (Å²) in [5.74, 6) is 1.30. The highest BCUT2D eigenvalue weighted by atomic mass is 16.5. The van der Waals surface area contributed by atoms with Crippen LogP contribution >= 0.6 is 0 Å². The molecule has 0 aliphatic heterocycles. The molecule has 29 heavy (non-hydrogen) atoms. The average Bonchev–Trinajstić information content (AvgIpc) is 3.37. The van der Waals surface area contributed by atoms with Crippen molar-refractivity contribution in [2.75, 3.05) is 11.9 Å². The Balaban J connectivity index is 0.00000117. The summed E-state index contributed by atoms with van der Waals surface area (Å²) in [6.07, 6.45) is 6.52. The molecule has 0 unspecified atom stereocenters. The minimum absolute atomic E-state index is 0.224. The van der Waals surface area contributed by atoms with Crippen LogP contribution in [0.3, 0.4) is 0 Å². The van der Waals surface area contributed by atoms with E-state index in [9.17, 15) is 5.11 Å². The molecule has 9 nitrogen and oxygen atoms in total. The van der Waals surface area contributed by atoms with E-state index < -0.39 is 5.60 Å². The molecule has 4 rings (SSSR count). The molecule has 0 atom stereocenters. The van der Waals surface area contributed by atoms with E-state index in [-0.39, 0.29) is 6.61 Å². The molecule has 0 bridgehead atoms. The van der Waals surface area contributed by atoms with E-state index in [1.165, 1.54) is 12.8 Å². The lowest BCUT2D eigenvalue weighted by Crippen LogP contribution is -2.27. The molecule has 2 N–H and O–H groups in total. The lowest BCUT2D eigenvalue weighted by molar-refractivity contribution is -0.0980. The Morgan fingerprint density at radius 3 is 2.59 bits per heavy atom. The topological polar surface area (TPSA) is 115 Å². The Kier molecular flexibility index (Phi) is 6.38. The summed E-state index contributed by atoms with van der Waals surface area (Å²) in [7, 11) is 0. The van der Waals surface area contributed by atoms with E-state index in [2.05, 4.69) is 25.6 Å². The third-order valence-corrected chi connectivity index (χ3v) is 4.55. The smallest absolute Gasteiger partial charge is 0.225 e. The molecule has 0 radical (unpaired) electrons. The molecule has 1 fully saturated rings. The molecule has 0 spiro atoms. The van der Waals surface area contributed by atoms with Crippen LogP contribution < -0.4 is 10.1 Å². The van der Waals surface area contributed by atoms with Gasteiger partial charge in [0.25, 0.3) is 0 Å². The predicted molar refractivity (Wildman–Crippen MR) is 109 cm³/mol. The fraction of sp³-hybridized carbons (Fsp3) is 0.450. The normalized spacial score (nSPS) is 14.4. The Morgan fingerprint density at radius 1 is 1.24 bits per heavy atom. The molecule has 0 saturated heterocycles. The van der Waals surface area contributed by atoms with E-state index in [0.29, 0.717) is 28.9 Å². The first kappa shape index (κ1) is 20.7. The minimum Gasteiger partial charge on any atom is -0.491 e. The summed E-state index contributed by atoms with van der Waals surface area (Å²) in [5, 5.41) is 21.5. The van der Waals surface area contributed by atoms with Gasteiger partial charge >= 0.3 is 0 Å². The fourth-order valence-corrected chi connectivity index (χ4v) is 3.17. The number of aromatic nitrogens is 5. The highest BCUT2D eigenvalue weighted by molar-refractivity contribution is 5.72. The largest absolute Gasteiger partial charge is 0.491 e. The van der Waals surface area contributed by atoms with Gasteiger partial charge in [0.05, 0.1) is 17.5 Å². The number of carbonyl (C=O) groups is 1. The second-order valence-corrected chi connectivity index (χ2v) is 7.62. The van der Waals surface area contributed by atoms with Crippen molar-refractivity contribution < 1.29 is 14.6 Å². The number of benzene rings is 1. The van der Waals surface area contributed by atoms with Gasteiger partial charge in [0.15, 0.2) is 11.2 Å². The maximum atomic E-state index is 9.76. The lowest BCUT2D eigenvalue weighted by atomic mass is 10.2. The number of fused-ring (bicyclic) bond motifs is 1. The Labute approximate surface area is 169 Å². The van der Waals surface area contributed by atoms with Crippen LogP contribution in [0.25, 0.3) is 16.9 Å². The number of ether oxygens (including phenoxy) is 1. The summed E-state index contributed by atoms with van der Waals surface area (Å²) in [6, 6.07) is 7.90. The van der Waals surface area contributed by atoms with Crippen LogP contribution in [-0.4, -0.2) is 55.1 Å². The van der Waals surface area contributed by atoms with Gasteiger partial charge in [-0.1, -0.05) is 18.1 Å². The molecule has 2 heterocycles. The van der Waals surface area contributed by atoms with Gasteiger partial charge in [0.1, 0.15) is 19.1 Å². The average molecular weight is 398 g/mol. The van der Waals surface area contributed by atoms with Crippen molar-refractivity contribution in [1.29, 1.82) is 0 Å². The van der Waals surface area contributed by atoms with Gasteiger partial charge in [0.2, 0.25) is 5.95 Å². The Bertz CT molecular complexity index is 930. The second-order valence-electron chi connectivity index (χ2n) is 7.62. The summed E-state index contributed by atoms with van der Waals surface area (Å²) in [5.41, 5.74) is 1.27. The third kappa shape index (κ3) is 5.26. The minimum atomic E-state index is -0.875. The number of rotatable bonds is 6. The zero-order chi connectivity index (χ0) is 20.9. The standard InChI is InChI=1S/C19H24N6O2.CH2O/c1-19(2,26)12-27-15-9-7-14(8-10-15)25-17-16(23-24-25)11-20-18(22-17)21-13-5-3-4-6-13;1-2/h7-11,13,26H,3-6,12H2,1-2H3,(H,20,21,22);1H2. The quantitative estimate of drug-likeness (QED) is 0.651. The molecule has 3 aromatic rings. The van der Waals surface area contributed by atoms with Crippen molar-refractivity contribution in [3.63, 3.8) is 0 Å². The second kappa shape index (κ2) is 8.95. The van der Waals surface area contributed by atoms with E-state index >= 15 is 0 Å². The zero-order valence-corrected chi connectivity index (χ0v) is 16.7. The van der Waals surface area contributed by atoms with Crippen LogP contribution in [-0.2, 0) is 4.79 Å². The van der Waals surface area contributed by atoms with Crippen LogP contribution in [0.4, 0.5) is 5.95 Å². The summed E-state index contributed by atoms with van der Waals surface area (Å²) < 4.78 is 7.28. The van der Waals surface area contributed by atoms with Gasteiger partial charge in [-0.15, -0.1) is 5.10 Å². The van der Waals surface area contributed by atoms with Crippen LogP contribution in [0.15, 0.2) is 30.5 Å². The molecule has 1 aliphatic carbocycles. The van der Waals surface area contributed by atoms with Crippen molar-refractivity contribution in [3.05, 3.63) is 30.5 Å². The van der Waals surface area contributed by atoms with Crippen molar-refractivity contribution in [1.82, 2.24) is 25.0 Å². The van der Waals surface area contributed by atoms with E-state index in [0.717, 1.165) is 18.5 Å². The molecule has 1 aliphatic rings. The number of hydrogen-bond acceptors (Lipinski definition) is 8. The van der Waals surface area contributed by atoms with Gasteiger partial charge < -0.3 is 20.0 Å². The van der Waals surface area contributed by atoms with Crippen LogP contribution in [0.1, 0.15) is 39.5 Å². The first-order valence-electron chi connectivity index (χ1n) is 9.57. The van der Waals surface area contributed by atoms with E-state index in [1.54, 1.807) is 24.7 Å². The number of carbonyl (C=O) groups excluding carboxylic acids is 1. The maximum absolute atomic E-state index is 9.76. The fourth-order valence-electron chi connectivity index (χ4n) is 3.17. The van der Waals surface area contributed by atoms with E-state index in [4.69, 9.17) is 9.53 Å². The van der Waals surface area contributed by atoms with E-state index in [1.807, 2.05) is 31.1 Å². The van der Waals surface area contributed by atoms with Crippen LogP contribution in [0, 0.1) is 0 Å². The highest BCUT2D eigenvalue weighted by Gasteiger charge is 2.17. The SMILES string of the molecule is C=O.CC(C)(O)COc1ccc(-n2nnc3cnc(NC4CCCC4)nc32)cc1. The number of hydrogen-bond donors (Lipinski definition) is 2. The molecule has 0 amide bonds. The maximum Gasteiger partial charge on any atom is 0.225 e. The molecule has 1 aromatic carbocycles. The summed E-state index contributed by atoms with van der Waals surface area (Å²) in [4.78, 5) is 17.0. The molecule has 9 heteroatoms. The molecular weight excluding hydrogens is 372 g/mol. The zero-order valence-electron chi connectivity index (χ0n) is 16.7. The van der Waals surface area contributed by atoms with Crippen LogP contribution in [0.5, 0.6) is 5.75 Å². The molecule has 1 saturated carbocycles. The lowest BCUT2D eigenvalue weighted by Gasteiger charge is -2.17. The summed E-state index contributed by atoms with van der Waals surface area (Å²) >= 11 is 0. The predicted octanol–water partition coefficient (Wildman–Crippen LogP) is 2.53. The Hall–Kier alpha value is -3.07. The van der Waals surface area contributed by atoms with Crippen molar-refractivity contribution in [2.24, 2.45) is 0 Å². The molecule has 2 aromatic heterocycles. The van der Waals surface area contributed by atoms with Crippen LogP contribution in [0.2, 0.25) is 0 Å². The Morgan fingerprint density at radius 2 is 1.93 bits per heavy atom. The monoisotopic (exact) mass is 398 g/mol. The van der Waals surface area contributed by atoms with Crippen molar-refractivity contribution in [2.45, 2.75) is 51.2 Å². The van der Waals surface area contributed by atoms with Gasteiger partial charge in [0, 0.05) is 6.04 Å². The van der Waals surface area contributed by atoms with Crippen molar-refractivity contribution in [3.8, 4) is 11.4 Å². The number of nitrogens with one attached hydrogen (secondary N) is 1. The summed E-state index contributed by atoms with van der Waals surface area (Å²) in [6.45, 7) is 5.64. The number of nitrogens with zero attached hydrogens (tertiary/aromatic N) is 5. The van der Waals surface area contributed by atoms with Gasteiger partial charge in [-0.25, -0.2) is 4.98 Å². The van der Waals surface area contributed by atoms with Gasteiger partial charge in [-0.3, -0.25) is 0 Å². The number of anilines is 1. The molecule has 154 valence electrons.